The molecule has 122 valence electrons. The molecule has 1 aromatic heterocycles. The topological polar surface area (TPSA) is 103 Å². The first-order valence-corrected chi connectivity index (χ1v) is 6.90. The maximum atomic E-state index is 11.9. The van der Waals surface area contributed by atoms with Gasteiger partial charge in [-0.2, -0.15) is 5.10 Å². The third kappa shape index (κ3) is 5.21. The van der Waals surface area contributed by atoms with Gasteiger partial charge in [0.1, 0.15) is 6.61 Å². The molecule has 0 radical (unpaired) electrons. The monoisotopic (exact) mass is 311 g/mol. The van der Waals surface area contributed by atoms with Gasteiger partial charge in [0.15, 0.2) is 11.8 Å². The summed E-state index contributed by atoms with van der Waals surface area (Å²) in [7, 11) is 1.65. The SMILES string of the molecule is C=CCOc1cc(C(=O)NCCC(O)C(=O)OCC)nn1C. The number of rotatable bonds is 9. The lowest BCUT2D eigenvalue weighted by molar-refractivity contribution is -0.153. The number of aliphatic hydroxyl groups is 1. The van der Waals surface area contributed by atoms with Gasteiger partial charge < -0.3 is 19.9 Å². The molecule has 1 heterocycles. The van der Waals surface area contributed by atoms with Gasteiger partial charge in [0.05, 0.1) is 6.61 Å². The fourth-order valence-corrected chi connectivity index (χ4v) is 1.61. The number of aryl methyl sites for hydroxylation is 1. The van der Waals surface area contributed by atoms with Crippen molar-refractivity contribution in [3.63, 3.8) is 0 Å². The van der Waals surface area contributed by atoms with Crippen molar-refractivity contribution in [1.29, 1.82) is 0 Å². The van der Waals surface area contributed by atoms with Crippen LogP contribution in [0.3, 0.4) is 0 Å². The van der Waals surface area contributed by atoms with Crippen LogP contribution >= 0.6 is 0 Å². The number of hydrogen-bond donors (Lipinski definition) is 2. The number of carbonyl (C=O) groups is 2. The summed E-state index contributed by atoms with van der Waals surface area (Å²) in [4.78, 5) is 23.1. The molecule has 0 aliphatic heterocycles. The number of aromatic nitrogens is 2. The van der Waals surface area contributed by atoms with Crippen LogP contribution in [-0.4, -0.2) is 52.6 Å². The molecule has 1 amide bonds. The Hall–Kier alpha value is -2.35. The van der Waals surface area contributed by atoms with Crippen molar-refractivity contribution in [2.45, 2.75) is 19.4 Å². The van der Waals surface area contributed by atoms with Crippen LogP contribution in [0.5, 0.6) is 5.88 Å². The van der Waals surface area contributed by atoms with Crippen LogP contribution < -0.4 is 10.1 Å². The summed E-state index contributed by atoms with van der Waals surface area (Å²) in [5.74, 6) is -0.675. The van der Waals surface area contributed by atoms with E-state index in [2.05, 4.69) is 21.7 Å². The van der Waals surface area contributed by atoms with Gasteiger partial charge in [-0.15, -0.1) is 0 Å². The van der Waals surface area contributed by atoms with Crippen molar-refractivity contribution >= 4 is 11.9 Å². The van der Waals surface area contributed by atoms with E-state index in [-0.39, 0.29) is 25.3 Å². The molecule has 0 spiro atoms. The van der Waals surface area contributed by atoms with Gasteiger partial charge in [0, 0.05) is 26.1 Å². The maximum Gasteiger partial charge on any atom is 0.335 e. The molecule has 0 aliphatic rings. The average Bonchev–Trinajstić information content (AvgIpc) is 2.86. The normalized spacial score (nSPS) is 11.6. The number of aliphatic hydroxyl groups excluding tert-OH is 1. The zero-order valence-corrected chi connectivity index (χ0v) is 12.7. The van der Waals surface area contributed by atoms with E-state index in [1.54, 1.807) is 20.0 Å². The summed E-state index contributed by atoms with van der Waals surface area (Å²) >= 11 is 0. The summed E-state index contributed by atoms with van der Waals surface area (Å²) in [5.41, 5.74) is 0.187. The van der Waals surface area contributed by atoms with Crippen LogP contribution in [0.2, 0.25) is 0 Å². The van der Waals surface area contributed by atoms with Gasteiger partial charge in [-0.1, -0.05) is 12.7 Å². The van der Waals surface area contributed by atoms with Gasteiger partial charge >= 0.3 is 5.97 Å². The van der Waals surface area contributed by atoms with E-state index in [0.29, 0.717) is 12.5 Å². The van der Waals surface area contributed by atoms with E-state index >= 15 is 0 Å². The smallest absolute Gasteiger partial charge is 0.335 e. The predicted octanol–water partition coefficient (Wildman–Crippen LogP) is 0.0288. The average molecular weight is 311 g/mol. The second-order valence-corrected chi connectivity index (χ2v) is 4.40. The molecule has 0 aliphatic carbocycles. The zero-order chi connectivity index (χ0) is 16.5. The molecule has 0 bridgehead atoms. The molecule has 1 unspecified atom stereocenters. The third-order valence-corrected chi connectivity index (χ3v) is 2.68. The Balaban J connectivity index is 2.45. The number of nitrogens with one attached hydrogen (secondary N) is 1. The van der Waals surface area contributed by atoms with Gasteiger partial charge in [-0.25, -0.2) is 9.48 Å². The molecule has 0 aromatic carbocycles. The number of amides is 1. The molecule has 1 atom stereocenters. The lowest BCUT2D eigenvalue weighted by Crippen LogP contribution is -2.31. The van der Waals surface area contributed by atoms with Crippen LogP contribution in [-0.2, 0) is 16.6 Å². The van der Waals surface area contributed by atoms with Crippen molar-refractivity contribution in [2.75, 3.05) is 19.8 Å². The van der Waals surface area contributed by atoms with Crippen molar-refractivity contribution in [3.8, 4) is 5.88 Å². The highest BCUT2D eigenvalue weighted by Gasteiger charge is 2.17. The largest absolute Gasteiger partial charge is 0.474 e. The second kappa shape index (κ2) is 8.83. The summed E-state index contributed by atoms with van der Waals surface area (Å²) in [5, 5.41) is 16.1. The molecule has 1 aromatic rings. The second-order valence-electron chi connectivity index (χ2n) is 4.40. The molecule has 8 heteroatoms. The number of ether oxygens (including phenoxy) is 2. The number of nitrogens with zero attached hydrogens (tertiary/aromatic N) is 2. The lowest BCUT2D eigenvalue weighted by Gasteiger charge is -2.09. The van der Waals surface area contributed by atoms with E-state index in [9.17, 15) is 14.7 Å². The van der Waals surface area contributed by atoms with Crippen molar-refractivity contribution in [3.05, 3.63) is 24.4 Å². The van der Waals surface area contributed by atoms with Crippen LogP contribution in [0.4, 0.5) is 0 Å². The Morgan fingerprint density at radius 1 is 1.59 bits per heavy atom. The van der Waals surface area contributed by atoms with Gasteiger partial charge in [0.25, 0.3) is 5.91 Å². The Kier molecular flexibility index (Phi) is 7.11. The first kappa shape index (κ1) is 17.7. The van der Waals surface area contributed by atoms with Crippen molar-refractivity contribution in [2.24, 2.45) is 7.05 Å². The van der Waals surface area contributed by atoms with Gasteiger partial charge in [-0.05, 0) is 6.92 Å². The van der Waals surface area contributed by atoms with Gasteiger partial charge in [0.2, 0.25) is 5.88 Å². The molecule has 1 rings (SSSR count). The summed E-state index contributed by atoms with van der Waals surface area (Å²) in [6.45, 7) is 5.82. The van der Waals surface area contributed by atoms with Crippen molar-refractivity contribution < 1.29 is 24.2 Å². The summed E-state index contributed by atoms with van der Waals surface area (Å²) in [6, 6.07) is 1.50. The number of carbonyl (C=O) groups excluding carboxylic acids is 2. The highest BCUT2D eigenvalue weighted by molar-refractivity contribution is 5.92. The molecular weight excluding hydrogens is 290 g/mol. The Morgan fingerprint density at radius 3 is 2.95 bits per heavy atom. The number of esters is 1. The van der Waals surface area contributed by atoms with Crippen molar-refractivity contribution in [1.82, 2.24) is 15.1 Å². The molecule has 8 nitrogen and oxygen atoms in total. The highest BCUT2D eigenvalue weighted by atomic mass is 16.5. The number of hydrogen-bond acceptors (Lipinski definition) is 6. The zero-order valence-electron chi connectivity index (χ0n) is 12.7. The van der Waals surface area contributed by atoms with Crippen LogP contribution in [0.1, 0.15) is 23.8 Å². The summed E-state index contributed by atoms with van der Waals surface area (Å²) < 4.78 is 11.4. The fraction of sp³-hybridized carbons (Fsp3) is 0.500. The Bertz CT molecular complexity index is 527. The van der Waals surface area contributed by atoms with Crippen LogP contribution in [0.25, 0.3) is 0 Å². The minimum Gasteiger partial charge on any atom is -0.474 e. The minimum absolute atomic E-state index is 0.0667. The Morgan fingerprint density at radius 2 is 2.32 bits per heavy atom. The molecule has 0 saturated heterocycles. The highest BCUT2D eigenvalue weighted by Crippen LogP contribution is 2.11. The predicted molar refractivity (Wildman–Crippen MR) is 78.5 cm³/mol. The van der Waals surface area contributed by atoms with E-state index in [0.717, 1.165) is 0 Å². The molecular formula is C14H21N3O5. The molecule has 2 N–H and O–H groups in total. The Labute approximate surface area is 128 Å². The lowest BCUT2D eigenvalue weighted by atomic mass is 10.2. The molecule has 0 fully saturated rings. The van der Waals surface area contributed by atoms with Gasteiger partial charge in [-0.3, -0.25) is 4.79 Å². The standard InChI is InChI=1S/C14H21N3O5/c1-4-8-22-12-9-10(16-17(12)3)13(19)15-7-6-11(18)14(20)21-5-2/h4,9,11,18H,1,5-8H2,2-3H3,(H,15,19). The van der Waals surface area contributed by atoms with Crippen LogP contribution in [0, 0.1) is 0 Å². The maximum absolute atomic E-state index is 11.9. The van der Waals surface area contributed by atoms with E-state index in [1.165, 1.54) is 10.7 Å². The summed E-state index contributed by atoms with van der Waals surface area (Å²) in [6.07, 6.45) is 0.399. The van der Waals surface area contributed by atoms with E-state index in [1.807, 2.05) is 0 Å². The third-order valence-electron chi connectivity index (χ3n) is 2.68. The quantitative estimate of drug-likeness (QED) is 0.493. The van der Waals surface area contributed by atoms with Crippen LogP contribution in [0.15, 0.2) is 18.7 Å². The first-order chi connectivity index (χ1) is 10.5. The van der Waals surface area contributed by atoms with E-state index < -0.39 is 18.0 Å². The minimum atomic E-state index is -1.25. The fourth-order valence-electron chi connectivity index (χ4n) is 1.61. The first-order valence-electron chi connectivity index (χ1n) is 6.90. The molecule has 22 heavy (non-hydrogen) atoms. The van der Waals surface area contributed by atoms with E-state index in [4.69, 9.17) is 4.74 Å². The molecule has 0 saturated carbocycles.